The normalized spacial score (nSPS) is 42.6. The Labute approximate surface area is 837 Å². The molecule has 32 nitrogen and oxygen atoms in total. The molecule has 12 aliphatic heterocycles. The van der Waals surface area contributed by atoms with E-state index >= 15 is 0 Å². The van der Waals surface area contributed by atoms with E-state index in [-0.39, 0.29) is 101 Å². The first-order chi connectivity index (χ1) is 69.1. The van der Waals surface area contributed by atoms with Gasteiger partial charge in [0.05, 0.1) is 229 Å². The third-order valence-electron chi connectivity index (χ3n) is 36.2. The number of carbonyl (C=O) groups excluding carboxylic acids is 10. The fraction of sp³-hybridized carbons (Fsp3) is 0.909. The van der Waals surface area contributed by atoms with Crippen LogP contribution in [0.4, 0.5) is 0 Å². The quantitative estimate of drug-likeness (QED) is 0.0241. The second kappa shape index (κ2) is 48.5. The van der Waals surface area contributed by atoms with Crippen LogP contribution in [0.2, 0.25) is 0 Å². The molecule has 38 unspecified atom stereocenters. The van der Waals surface area contributed by atoms with Crippen molar-refractivity contribution in [3.05, 3.63) is 0 Å². The van der Waals surface area contributed by atoms with Gasteiger partial charge in [-0.25, -0.2) is 0 Å². The molecule has 25 aliphatic rings. The topological polar surface area (TPSA) is 413 Å². The molecular weight excluding hydrogens is 1830 g/mol. The zero-order valence-electron chi connectivity index (χ0n) is 84.2. The van der Waals surface area contributed by atoms with Gasteiger partial charge in [-0.2, -0.15) is 0 Å². The average Bonchev–Trinajstić information content (AvgIpc) is 1.64. The standard InChI is InChI=1S/C22H32O6.2C20H30O6.C18H26O6.C16H24O4.C14H20O4/c23-21(15-5-7-17-19(9-15)27-17)25-11-13-1-2-14(4-3-13)12-26-22(24)16-6-8-18-20(10-16)28-18;21-19(23-11-13-5-7-15-17(9-13)25-15)3-1-2-4-20(22)24-12-14-6-8-16-18(10-14)26-16;21-19(24-12-13-5-7-15-17(10-13)25-15)4-2-1-3-9-23-20(22)14-6-8-16-18(11-14)26-16;19-17(21-11-5-7-13-15(9-11)23-13)3-1-2-4-18(20)22-12-6-8-14-16(10-12)24-14;1-8-3-12-14(19-12)5-10(8)7-18-16(17)11-6-15-13(20-15)4-9(11)2;15-14(9-2-4-11-13(6-9)18-11)16-7-8-1-3-10-12(5-8)17-10/h13-20H,1-12H2;2*13-18H,1-12H2;11-16H,1-10H2;8-15H,3-7H2,1-2H3;8-13H,1-7H2. The fourth-order valence-electron chi connectivity index (χ4n) is 25.9. The maximum Gasteiger partial charge on any atom is 0.309 e. The van der Waals surface area contributed by atoms with Gasteiger partial charge >= 0.3 is 59.7 Å². The predicted molar refractivity (Wildman–Crippen MR) is 502 cm³/mol. The first-order valence-electron chi connectivity index (χ1n) is 56.6. The summed E-state index contributed by atoms with van der Waals surface area (Å²) in [5, 5.41) is 0. The molecule has 13 aliphatic carbocycles. The van der Waals surface area contributed by atoms with E-state index in [0.29, 0.717) is 310 Å². The molecular formula is C110H162O32. The average molecular weight is 2000 g/mol. The minimum absolute atomic E-state index is 0.00233. The highest BCUT2D eigenvalue weighted by Crippen LogP contribution is 2.51. The lowest BCUT2D eigenvalue weighted by Gasteiger charge is -2.29. The molecule has 25 fully saturated rings. The second-order valence-corrected chi connectivity index (χ2v) is 47.3. The molecule has 0 aromatic heterocycles. The number of ether oxygens (including phenoxy) is 22. The van der Waals surface area contributed by atoms with Crippen molar-refractivity contribution in [3.8, 4) is 0 Å². The summed E-state index contributed by atoms with van der Waals surface area (Å²) in [4.78, 5) is 120. The van der Waals surface area contributed by atoms with Gasteiger partial charge in [0, 0.05) is 44.9 Å². The third-order valence-corrected chi connectivity index (χ3v) is 36.2. The van der Waals surface area contributed by atoms with Crippen LogP contribution in [0.1, 0.15) is 335 Å². The summed E-state index contributed by atoms with van der Waals surface area (Å²) in [5.41, 5.74) is 0. The lowest BCUT2D eigenvalue weighted by Crippen LogP contribution is -2.33. The highest BCUT2D eigenvalue weighted by molar-refractivity contribution is 5.76. The Morgan fingerprint density at radius 1 is 0.197 bits per heavy atom. The lowest BCUT2D eigenvalue weighted by atomic mass is 9.80. The Bertz CT molecular complexity index is 4090. The van der Waals surface area contributed by atoms with Crippen molar-refractivity contribution in [2.45, 2.75) is 494 Å². The molecule has 25 rings (SSSR count). The van der Waals surface area contributed by atoms with E-state index in [1.54, 1.807) is 0 Å². The zero-order chi connectivity index (χ0) is 97.4. The largest absolute Gasteiger partial charge is 0.465 e. The Kier molecular flexibility index (Phi) is 35.3. The lowest BCUT2D eigenvalue weighted by molar-refractivity contribution is -0.154. The molecule has 142 heavy (non-hydrogen) atoms. The van der Waals surface area contributed by atoms with Crippen LogP contribution >= 0.6 is 0 Å². The number of unbranched alkanes of at least 4 members (excludes halogenated alkanes) is 4. The fourth-order valence-corrected chi connectivity index (χ4v) is 25.9. The number of hydrogen-bond acceptors (Lipinski definition) is 32. The number of fused-ring (bicyclic) bond motifs is 12. The monoisotopic (exact) mass is 2000 g/mol. The number of rotatable bonds is 37. The van der Waals surface area contributed by atoms with Gasteiger partial charge in [-0.1, -0.05) is 13.8 Å². The highest BCUT2D eigenvalue weighted by Gasteiger charge is 2.56. The zero-order valence-corrected chi connectivity index (χ0v) is 84.2. The second-order valence-electron chi connectivity index (χ2n) is 47.3. The minimum Gasteiger partial charge on any atom is -0.465 e. The minimum atomic E-state index is -0.156. The molecule has 32 heteroatoms. The van der Waals surface area contributed by atoms with Crippen LogP contribution in [0.25, 0.3) is 0 Å². The van der Waals surface area contributed by atoms with E-state index in [2.05, 4.69) is 13.8 Å². The number of esters is 10. The van der Waals surface area contributed by atoms with E-state index in [1.165, 1.54) is 0 Å². The van der Waals surface area contributed by atoms with E-state index in [1.807, 2.05) is 0 Å². The molecule has 0 amide bonds. The summed E-state index contributed by atoms with van der Waals surface area (Å²) >= 11 is 0. The number of hydrogen-bond donors (Lipinski definition) is 0. The molecule has 794 valence electrons. The highest BCUT2D eigenvalue weighted by atomic mass is 16.6. The SMILES string of the molecule is CC1CC2OC2CC1COC(=O)C1CC2OC2CC1C.O=C(CCCCC(=O)OC1CCC2OC2C1)OC1CCC2OC2C1.O=C(CCCCC(=O)OCC1CCC2OC2C1)OCC1CCC2OC2C1.O=C(CCCCCOC(=O)C1CCC2OC2C1)OCC1CCC2OC2C1.O=C(OCC1CCC(COC(=O)C2CCC3OC3C2)CC1)C1CCC2OC2C1.O=C(OCC1CCC2OC2C1)C1CCC2OC2C1. The number of carbonyl (C=O) groups is 10. The Morgan fingerprint density at radius 2 is 0.451 bits per heavy atom. The maximum atomic E-state index is 12.3. The van der Waals surface area contributed by atoms with Crippen molar-refractivity contribution >= 4 is 59.7 Å². The van der Waals surface area contributed by atoms with Crippen molar-refractivity contribution in [2.75, 3.05) is 52.9 Å². The van der Waals surface area contributed by atoms with Crippen molar-refractivity contribution in [1.82, 2.24) is 0 Å². The summed E-state index contributed by atoms with van der Waals surface area (Å²) in [5.74, 6) is 3.63. The van der Waals surface area contributed by atoms with E-state index in [9.17, 15) is 47.9 Å². The summed E-state index contributed by atoms with van der Waals surface area (Å²) in [6, 6.07) is 0. The van der Waals surface area contributed by atoms with Gasteiger partial charge in [0.2, 0.25) is 0 Å². The van der Waals surface area contributed by atoms with Gasteiger partial charge in [-0.05, 0) is 329 Å². The summed E-state index contributed by atoms with van der Waals surface area (Å²) in [6.07, 6.45) is 55.0. The summed E-state index contributed by atoms with van der Waals surface area (Å²) in [6.45, 7) is 8.67. The van der Waals surface area contributed by atoms with Crippen LogP contribution in [-0.4, -0.2) is 271 Å². The molecule has 0 bridgehead atoms. The van der Waals surface area contributed by atoms with Gasteiger partial charge in [0.15, 0.2) is 0 Å². The molecule has 12 heterocycles. The van der Waals surface area contributed by atoms with Crippen LogP contribution < -0.4 is 0 Å². The number of epoxide rings is 12. The predicted octanol–water partition coefficient (Wildman–Crippen LogP) is 14.6. The molecule has 0 aromatic rings. The van der Waals surface area contributed by atoms with Crippen molar-refractivity contribution in [3.63, 3.8) is 0 Å². The van der Waals surface area contributed by atoms with Crippen LogP contribution in [0.5, 0.6) is 0 Å². The van der Waals surface area contributed by atoms with E-state index in [0.717, 1.165) is 263 Å². The Balaban J connectivity index is 0.000000105. The van der Waals surface area contributed by atoms with E-state index in [4.69, 9.17) is 104 Å². The molecule has 38 atom stereocenters. The molecule has 0 N–H and O–H groups in total. The molecule has 0 spiro atoms. The van der Waals surface area contributed by atoms with Crippen molar-refractivity contribution < 1.29 is 152 Å². The van der Waals surface area contributed by atoms with Crippen LogP contribution in [0.15, 0.2) is 0 Å². The smallest absolute Gasteiger partial charge is 0.309 e. The summed E-state index contributed by atoms with van der Waals surface area (Å²) < 4.78 is 121. The summed E-state index contributed by atoms with van der Waals surface area (Å²) in [7, 11) is 0. The van der Waals surface area contributed by atoms with Gasteiger partial charge in [-0.15, -0.1) is 0 Å². The van der Waals surface area contributed by atoms with Crippen molar-refractivity contribution in [1.29, 1.82) is 0 Å². The van der Waals surface area contributed by atoms with Gasteiger partial charge in [0.25, 0.3) is 0 Å². The molecule has 13 saturated carbocycles. The Morgan fingerprint density at radius 3 is 0.796 bits per heavy atom. The Hall–Kier alpha value is -5.78. The van der Waals surface area contributed by atoms with Crippen LogP contribution in [0, 0.1) is 82.9 Å². The van der Waals surface area contributed by atoms with Gasteiger partial charge in [-0.3, -0.25) is 47.9 Å². The third kappa shape index (κ3) is 31.2. The van der Waals surface area contributed by atoms with Gasteiger partial charge in [0.1, 0.15) is 12.2 Å². The first-order valence-corrected chi connectivity index (χ1v) is 56.6. The van der Waals surface area contributed by atoms with Gasteiger partial charge < -0.3 is 104 Å². The molecule has 0 aromatic carbocycles. The van der Waals surface area contributed by atoms with Crippen molar-refractivity contribution in [2.24, 2.45) is 82.9 Å². The first kappa shape index (κ1) is 103. The van der Waals surface area contributed by atoms with E-state index < -0.39 is 0 Å². The molecule has 12 saturated heterocycles. The van der Waals surface area contributed by atoms with Crippen LogP contribution in [0.3, 0.4) is 0 Å². The molecule has 0 radical (unpaired) electrons. The maximum absolute atomic E-state index is 12.3. The van der Waals surface area contributed by atoms with Crippen LogP contribution in [-0.2, 0) is 152 Å².